The number of hydrogen-bond donors (Lipinski definition) is 0. The molecule has 1 heterocycles. The van der Waals surface area contributed by atoms with E-state index in [-0.39, 0.29) is 0 Å². The average molecular weight is 246 g/mol. The Morgan fingerprint density at radius 2 is 1.89 bits per heavy atom. The van der Waals surface area contributed by atoms with Gasteiger partial charge < -0.3 is 8.83 Å². The highest BCUT2D eigenvalue weighted by Crippen LogP contribution is 2.25. The lowest BCUT2D eigenvalue weighted by Gasteiger charge is -2.07. The highest BCUT2D eigenvalue weighted by Gasteiger charge is 2.16. The van der Waals surface area contributed by atoms with E-state index in [2.05, 4.69) is 13.8 Å². The first-order valence-corrected chi connectivity index (χ1v) is 6.39. The maximum absolute atomic E-state index is 11.3. The Bertz CT molecular complexity index is 536. The molecule has 2 rings (SSSR count). The van der Waals surface area contributed by atoms with Gasteiger partial charge >= 0.3 is 5.82 Å². The molecule has 96 valence electrons. The monoisotopic (exact) mass is 246 g/mol. The lowest BCUT2D eigenvalue weighted by molar-refractivity contribution is 0.364. The lowest BCUT2D eigenvalue weighted by Crippen LogP contribution is -1.99. The SMILES string of the molecule is CCCC(C)Cc1oc(=O)oc1-c1ccccc1. The molecule has 18 heavy (non-hydrogen) atoms. The van der Waals surface area contributed by atoms with Crippen LogP contribution in [0.25, 0.3) is 11.3 Å². The molecule has 1 aromatic carbocycles. The van der Waals surface area contributed by atoms with Crippen LogP contribution in [0.15, 0.2) is 44.0 Å². The van der Waals surface area contributed by atoms with E-state index in [0.717, 1.165) is 24.8 Å². The molecule has 0 aliphatic rings. The molecule has 0 aliphatic carbocycles. The zero-order valence-corrected chi connectivity index (χ0v) is 10.8. The van der Waals surface area contributed by atoms with Gasteiger partial charge in [0.25, 0.3) is 0 Å². The van der Waals surface area contributed by atoms with Gasteiger partial charge in [0.2, 0.25) is 0 Å². The highest BCUT2D eigenvalue weighted by atomic mass is 16.6. The molecule has 1 aromatic heterocycles. The molecule has 0 saturated heterocycles. The Hall–Kier alpha value is -1.77. The van der Waals surface area contributed by atoms with E-state index in [9.17, 15) is 4.79 Å². The summed E-state index contributed by atoms with van der Waals surface area (Å²) in [7, 11) is 0. The summed E-state index contributed by atoms with van der Waals surface area (Å²) in [5.41, 5.74) is 0.891. The molecule has 1 atom stereocenters. The van der Waals surface area contributed by atoms with Crippen molar-refractivity contribution in [3.63, 3.8) is 0 Å². The fourth-order valence-electron chi connectivity index (χ4n) is 2.16. The number of hydrogen-bond acceptors (Lipinski definition) is 3. The van der Waals surface area contributed by atoms with E-state index in [1.807, 2.05) is 30.3 Å². The zero-order valence-electron chi connectivity index (χ0n) is 10.8. The third-order valence-electron chi connectivity index (χ3n) is 3.00. The summed E-state index contributed by atoms with van der Waals surface area (Å²) in [5.74, 6) is 1.10. The Labute approximate surface area is 106 Å². The van der Waals surface area contributed by atoms with Crippen LogP contribution in [0.4, 0.5) is 0 Å². The van der Waals surface area contributed by atoms with Gasteiger partial charge in [-0.2, -0.15) is 0 Å². The molecule has 0 amide bonds. The molecule has 0 aliphatic heterocycles. The van der Waals surface area contributed by atoms with E-state index < -0.39 is 5.82 Å². The smallest absolute Gasteiger partial charge is 0.395 e. The van der Waals surface area contributed by atoms with Crippen LogP contribution in [-0.2, 0) is 6.42 Å². The topological polar surface area (TPSA) is 43.4 Å². The van der Waals surface area contributed by atoms with Crippen LogP contribution in [0.3, 0.4) is 0 Å². The van der Waals surface area contributed by atoms with Gasteiger partial charge in [0.05, 0.1) is 0 Å². The molecule has 0 bridgehead atoms. The summed E-state index contributed by atoms with van der Waals surface area (Å²) in [6.07, 6.45) is 2.98. The Kier molecular flexibility index (Phi) is 4.03. The van der Waals surface area contributed by atoms with Gasteiger partial charge in [0, 0.05) is 12.0 Å². The van der Waals surface area contributed by atoms with Gasteiger partial charge in [-0.15, -0.1) is 0 Å². The summed E-state index contributed by atoms with van der Waals surface area (Å²) < 4.78 is 10.3. The van der Waals surface area contributed by atoms with Crippen molar-refractivity contribution in [2.24, 2.45) is 5.92 Å². The second-order valence-electron chi connectivity index (χ2n) is 4.67. The van der Waals surface area contributed by atoms with Crippen molar-refractivity contribution >= 4 is 0 Å². The van der Waals surface area contributed by atoms with E-state index in [1.165, 1.54) is 0 Å². The Morgan fingerprint density at radius 3 is 2.56 bits per heavy atom. The van der Waals surface area contributed by atoms with Crippen molar-refractivity contribution in [2.75, 3.05) is 0 Å². The predicted molar refractivity (Wildman–Crippen MR) is 70.5 cm³/mol. The highest BCUT2D eigenvalue weighted by molar-refractivity contribution is 5.58. The summed E-state index contributed by atoms with van der Waals surface area (Å²) in [6.45, 7) is 4.31. The lowest BCUT2D eigenvalue weighted by atomic mass is 9.99. The van der Waals surface area contributed by atoms with Crippen molar-refractivity contribution in [1.29, 1.82) is 0 Å². The Balaban J connectivity index is 2.29. The predicted octanol–water partition coefficient (Wildman–Crippen LogP) is 3.88. The summed E-state index contributed by atoms with van der Waals surface area (Å²) in [4.78, 5) is 11.3. The van der Waals surface area contributed by atoms with E-state index >= 15 is 0 Å². The molecule has 1 unspecified atom stereocenters. The van der Waals surface area contributed by atoms with Crippen LogP contribution in [-0.4, -0.2) is 0 Å². The van der Waals surface area contributed by atoms with E-state index in [0.29, 0.717) is 17.4 Å². The summed E-state index contributed by atoms with van der Waals surface area (Å²) >= 11 is 0. The van der Waals surface area contributed by atoms with Crippen LogP contribution in [0.5, 0.6) is 0 Å². The van der Waals surface area contributed by atoms with E-state index in [4.69, 9.17) is 8.83 Å². The maximum Gasteiger partial charge on any atom is 0.519 e. The van der Waals surface area contributed by atoms with Gasteiger partial charge in [0.15, 0.2) is 11.5 Å². The second-order valence-corrected chi connectivity index (χ2v) is 4.67. The van der Waals surface area contributed by atoms with Gasteiger partial charge in [-0.3, -0.25) is 0 Å². The van der Waals surface area contributed by atoms with Gasteiger partial charge in [0.1, 0.15) is 0 Å². The molecule has 0 radical (unpaired) electrons. The average Bonchev–Trinajstić information content (AvgIpc) is 2.71. The van der Waals surface area contributed by atoms with Crippen LogP contribution >= 0.6 is 0 Å². The molecule has 3 nitrogen and oxygen atoms in total. The number of rotatable bonds is 5. The second kappa shape index (κ2) is 5.71. The minimum atomic E-state index is -0.618. The van der Waals surface area contributed by atoms with Gasteiger partial charge in [-0.1, -0.05) is 57.0 Å². The fourth-order valence-corrected chi connectivity index (χ4v) is 2.16. The van der Waals surface area contributed by atoms with Gasteiger partial charge in [-0.05, 0) is 5.92 Å². The number of benzene rings is 1. The summed E-state index contributed by atoms with van der Waals surface area (Å²) in [5, 5.41) is 0. The maximum atomic E-state index is 11.3. The molecule has 0 spiro atoms. The molecular formula is C15H18O3. The van der Waals surface area contributed by atoms with E-state index in [1.54, 1.807) is 0 Å². The standard InChI is InChI=1S/C15H18O3/c1-3-7-11(2)10-13-14(18-15(16)17-13)12-8-5-4-6-9-12/h4-6,8-9,11H,3,7,10H2,1-2H3. The Morgan fingerprint density at radius 1 is 1.17 bits per heavy atom. The molecule has 2 aromatic rings. The summed E-state index contributed by atoms with van der Waals surface area (Å²) in [6, 6.07) is 9.60. The minimum Gasteiger partial charge on any atom is -0.395 e. The molecule has 0 fully saturated rings. The fraction of sp³-hybridized carbons (Fsp3) is 0.400. The molecule has 0 saturated carbocycles. The van der Waals surface area contributed by atoms with Crippen LogP contribution in [0.1, 0.15) is 32.4 Å². The van der Waals surface area contributed by atoms with Crippen LogP contribution in [0.2, 0.25) is 0 Å². The quantitative estimate of drug-likeness (QED) is 0.804. The first-order valence-electron chi connectivity index (χ1n) is 6.39. The molecule has 3 heteroatoms. The first-order chi connectivity index (χ1) is 8.70. The zero-order chi connectivity index (χ0) is 13.0. The molecule has 0 N–H and O–H groups in total. The third-order valence-corrected chi connectivity index (χ3v) is 3.00. The van der Waals surface area contributed by atoms with Crippen LogP contribution in [0, 0.1) is 5.92 Å². The van der Waals surface area contributed by atoms with Gasteiger partial charge in [-0.25, -0.2) is 4.79 Å². The first kappa shape index (κ1) is 12.7. The largest absolute Gasteiger partial charge is 0.519 e. The van der Waals surface area contributed by atoms with Crippen LogP contribution < -0.4 is 5.82 Å². The van der Waals surface area contributed by atoms with Crippen molar-refractivity contribution < 1.29 is 8.83 Å². The van der Waals surface area contributed by atoms with Crippen molar-refractivity contribution in [1.82, 2.24) is 0 Å². The third kappa shape index (κ3) is 2.92. The van der Waals surface area contributed by atoms with Crippen molar-refractivity contribution in [2.45, 2.75) is 33.1 Å². The normalized spacial score (nSPS) is 12.6. The minimum absolute atomic E-state index is 0.484. The van der Waals surface area contributed by atoms with Crippen molar-refractivity contribution in [3.05, 3.63) is 46.7 Å². The van der Waals surface area contributed by atoms with Crippen molar-refractivity contribution in [3.8, 4) is 11.3 Å². The molecular weight excluding hydrogens is 228 g/mol.